The number of hydrogen-bond donors (Lipinski definition) is 2. The number of aromatic nitrogens is 2. The summed E-state index contributed by atoms with van der Waals surface area (Å²) in [7, 11) is 0. The number of carbonyl (C=O) groups excluding carboxylic acids is 1. The van der Waals surface area contributed by atoms with Crippen LogP contribution in [0.4, 0.5) is 0 Å². The van der Waals surface area contributed by atoms with Crippen molar-refractivity contribution in [2.24, 2.45) is 4.99 Å². The lowest BCUT2D eigenvalue weighted by atomic mass is 10.2. The zero-order valence-corrected chi connectivity index (χ0v) is 17.5. The molecule has 0 spiro atoms. The number of amides is 1. The fraction of sp³-hybridized carbons (Fsp3) is 0.429. The van der Waals surface area contributed by atoms with Crippen LogP contribution in [0.25, 0.3) is 5.69 Å². The van der Waals surface area contributed by atoms with Crippen molar-refractivity contribution in [1.29, 1.82) is 0 Å². The Kier molecular flexibility index (Phi) is 6.51. The molecule has 0 saturated carbocycles. The first-order valence-corrected chi connectivity index (χ1v) is 9.92. The van der Waals surface area contributed by atoms with Crippen LogP contribution in [0.15, 0.2) is 38.8 Å². The number of nitrogens with zero attached hydrogens (tertiary/aromatic N) is 4. The Balaban J connectivity index is 1.77. The van der Waals surface area contributed by atoms with E-state index in [1.54, 1.807) is 26.0 Å². The van der Waals surface area contributed by atoms with Crippen molar-refractivity contribution in [3.05, 3.63) is 56.2 Å². The molecule has 1 aliphatic rings. The Hall–Kier alpha value is -3.20. The largest absolute Gasteiger partial charge is 0.493 e. The number of hydrogen-bond acceptors (Lipinski definition) is 6. The van der Waals surface area contributed by atoms with E-state index in [1.165, 1.54) is 0 Å². The molecule has 0 radical (unpaired) electrons. The van der Waals surface area contributed by atoms with Gasteiger partial charge in [-0.1, -0.05) is 17.7 Å². The molecule has 1 aliphatic heterocycles. The van der Waals surface area contributed by atoms with Crippen LogP contribution in [0.2, 0.25) is 0 Å². The number of nitrogens with one attached hydrogen (secondary N) is 1. The minimum absolute atomic E-state index is 0.0171. The molecule has 9 heteroatoms. The maximum Gasteiger partial charge on any atom is 0.335 e. The van der Waals surface area contributed by atoms with Gasteiger partial charge in [-0.3, -0.25) is 24.5 Å². The van der Waals surface area contributed by atoms with E-state index < -0.39 is 17.1 Å². The predicted octanol–water partition coefficient (Wildman–Crippen LogP) is 0.513. The van der Waals surface area contributed by atoms with Gasteiger partial charge in [0.25, 0.3) is 5.56 Å². The molecule has 1 aromatic heterocycles. The monoisotopic (exact) mass is 413 g/mol. The number of rotatable bonds is 5. The second-order valence-electron chi connectivity index (χ2n) is 7.44. The lowest BCUT2D eigenvalue weighted by Crippen LogP contribution is -2.48. The van der Waals surface area contributed by atoms with Gasteiger partial charge < -0.3 is 10.0 Å². The summed E-state index contributed by atoms with van der Waals surface area (Å²) >= 11 is 0. The molecule has 9 nitrogen and oxygen atoms in total. The molecule has 0 aliphatic carbocycles. The highest BCUT2D eigenvalue weighted by molar-refractivity contribution is 6.00. The van der Waals surface area contributed by atoms with Gasteiger partial charge in [0.1, 0.15) is 5.56 Å². The highest BCUT2D eigenvalue weighted by Crippen LogP contribution is 2.17. The normalized spacial score (nSPS) is 15.4. The van der Waals surface area contributed by atoms with E-state index >= 15 is 0 Å². The van der Waals surface area contributed by atoms with Crippen LogP contribution in [0.1, 0.15) is 25.0 Å². The SMILES string of the molecule is CC(=O)N1CCN(CCN=C(C)c2c(O)n(-c3ccc(C)cc3)c(=O)[nH]c2=O)CC1. The number of benzene rings is 1. The molecule has 3 rings (SSSR count). The van der Waals surface area contributed by atoms with Crippen molar-refractivity contribution in [3.8, 4) is 11.6 Å². The molecule has 1 fully saturated rings. The summed E-state index contributed by atoms with van der Waals surface area (Å²) in [5, 5.41) is 10.7. The topological polar surface area (TPSA) is 111 Å². The van der Waals surface area contributed by atoms with E-state index in [0.29, 0.717) is 37.6 Å². The van der Waals surface area contributed by atoms with Gasteiger partial charge in [0.05, 0.1) is 12.2 Å². The summed E-state index contributed by atoms with van der Waals surface area (Å²) in [5.74, 6) is -0.342. The molecule has 160 valence electrons. The number of aliphatic imine (C=N–C) groups is 1. The first-order chi connectivity index (χ1) is 14.3. The van der Waals surface area contributed by atoms with E-state index in [1.807, 2.05) is 24.0 Å². The van der Waals surface area contributed by atoms with Crippen LogP contribution >= 0.6 is 0 Å². The second kappa shape index (κ2) is 9.08. The van der Waals surface area contributed by atoms with Crippen molar-refractivity contribution in [3.63, 3.8) is 0 Å². The molecular formula is C21H27N5O4. The highest BCUT2D eigenvalue weighted by Gasteiger charge is 2.19. The molecule has 1 aromatic carbocycles. The fourth-order valence-electron chi connectivity index (χ4n) is 3.51. The van der Waals surface area contributed by atoms with Crippen molar-refractivity contribution >= 4 is 11.6 Å². The van der Waals surface area contributed by atoms with Gasteiger partial charge in [0.2, 0.25) is 11.8 Å². The van der Waals surface area contributed by atoms with Crippen molar-refractivity contribution < 1.29 is 9.90 Å². The average Bonchev–Trinajstić information content (AvgIpc) is 2.69. The number of aromatic amines is 1. The first-order valence-electron chi connectivity index (χ1n) is 9.92. The standard InChI is InChI=1S/C21H27N5O4/c1-14-4-6-17(7-5-14)26-20(29)18(19(28)23-21(26)30)15(2)22-8-9-24-10-12-25(13-11-24)16(3)27/h4-7,29H,8-13H2,1-3H3,(H,23,28,30). The molecule has 0 unspecified atom stereocenters. The van der Waals surface area contributed by atoms with Gasteiger partial charge in [-0.15, -0.1) is 0 Å². The van der Waals surface area contributed by atoms with Gasteiger partial charge in [-0.25, -0.2) is 9.36 Å². The molecule has 1 amide bonds. The Bertz CT molecular complexity index is 1060. The number of carbonyl (C=O) groups is 1. The number of aryl methyl sites for hydroxylation is 1. The average molecular weight is 413 g/mol. The minimum Gasteiger partial charge on any atom is -0.493 e. The second-order valence-corrected chi connectivity index (χ2v) is 7.44. The smallest absolute Gasteiger partial charge is 0.335 e. The minimum atomic E-state index is -0.707. The van der Waals surface area contributed by atoms with Crippen molar-refractivity contribution in [2.75, 3.05) is 39.3 Å². The third-order valence-corrected chi connectivity index (χ3v) is 5.32. The van der Waals surface area contributed by atoms with Crippen LogP contribution in [-0.4, -0.2) is 75.3 Å². The third-order valence-electron chi connectivity index (χ3n) is 5.32. The van der Waals surface area contributed by atoms with E-state index in [0.717, 1.165) is 23.2 Å². The maximum atomic E-state index is 12.3. The highest BCUT2D eigenvalue weighted by atomic mass is 16.3. The lowest BCUT2D eigenvalue weighted by molar-refractivity contribution is -0.130. The van der Waals surface area contributed by atoms with Gasteiger partial charge in [0.15, 0.2) is 0 Å². The molecule has 2 heterocycles. The van der Waals surface area contributed by atoms with Crippen LogP contribution in [0.3, 0.4) is 0 Å². The number of aromatic hydroxyl groups is 1. The third kappa shape index (κ3) is 4.68. The summed E-state index contributed by atoms with van der Waals surface area (Å²) < 4.78 is 1.07. The molecule has 0 bridgehead atoms. The molecule has 1 saturated heterocycles. The summed E-state index contributed by atoms with van der Waals surface area (Å²) in [5.41, 5.74) is 0.432. The van der Waals surface area contributed by atoms with Crippen LogP contribution in [0.5, 0.6) is 5.88 Å². The zero-order valence-electron chi connectivity index (χ0n) is 17.5. The molecule has 0 atom stereocenters. The predicted molar refractivity (Wildman–Crippen MR) is 115 cm³/mol. The van der Waals surface area contributed by atoms with Crippen molar-refractivity contribution in [1.82, 2.24) is 19.4 Å². The summed E-state index contributed by atoms with van der Waals surface area (Å²) in [6.07, 6.45) is 0. The summed E-state index contributed by atoms with van der Waals surface area (Å²) in [6, 6.07) is 7.04. The Labute approximate surface area is 174 Å². The van der Waals surface area contributed by atoms with Gasteiger partial charge in [-0.05, 0) is 26.0 Å². The van der Waals surface area contributed by atoms with Crippen molar-refractivity contribution in [2.45, 2.75) is 20.8 Å². The van der Waals surface area contributed by atoms with Crippen LogP contribution in [0, 0.1) is 6.92 Å². The zero-order chi connectivity index (χ0) is 21.8. The van der Waals surface area contributed by atoms with E-state index in [2.05, 4.69) is 14.9 Å². The Morgan fingerprint density at radius 2 is 1.73 bits per heavy atom. The van der Waals surface area contributed by atoms with E-state index in [9.17, 15) is 19.5 Å². The van der Waals surface area contributed by atoms with E-state index in [-0.39, 0.29) is 11.5 Å². The van der Waals surface area contributed by atoms with Gasteiger partial charge in [0, 0.05) is 45.4 Å². The van der Waals surface area contributed by atoms with Gasteiger partial charge >= 0.3 is 5.69 Å². The quantitative estimate of drug-likeness (QED) is 0.694. The fourth-order valence-corrected chi connectivity index (χ4v) is 3.51. The molecular weight excluding hydrogens is 386 g/mol. The molecule has 2 aromatic rings. The number of H-pyrrole nitrogens is 1. The first kappa shape index (κ1) is 21.5. The van der Waals surface area contributed by atoms with E-state index in [4.69, 9.17) is 0 Å². The maximum absolute atomic E-state index is 12.3. The lowest BCUT2D eigenvalue weighted by Gasteiger charge is -2.33. The molecule has 30 heavy (non-hydrogen) atoms. The molecule has 2 N–H and O–H groups in total. The summed E-state index contributed by atoms with van der Waals surface area (Å²) in [4.78, 5) is 46.8. The van der Waals surface area contributed by atoms with Crippen LogP contribution < -0.4 is 11.2 Å². The Morgan fingerprint density at radius 1 is 1.10 bits per heavy atom. The van der Waals surface area contributed by atoms with Gasteiger partial charge in [-0.2, -0.15) is 0 Å². The summed E-state index contributed by atoms with van der Waals surface area (Å²) in [6.45, 7) is 9.19. The number of piperazine rings is 1. The van der Waals surface area contributed by atoms with Crippen LogP contribution in [-0.2, 0) is 4.79 Å². The Morgan fingerprint density at radius 3 is 2.33 bits per heavy atom.